The van der Waals surface area contributed by atoms with Crippen LogP contribution in [0.4, 0.5) is 0 Å². The summed E-state index contributed by atoms with van der Waals surface area (Å²) in [5.41, 5.74) is 2.39. The van der Waals surface area contributed by atoms with Crippen molar-refractivity contribution in [1.29, 1.82) is 0 Å². The van der Waals surface area contributed by atoms with E-state index in [1.165, 1.54) is 17.4 Å². The molecule has 19 heavy (non-hydrogen) atoms. The monoisotopic (exact) mass is 259 g/mol. The summed E-state index contributed by atoms with van der Waals surface area (Å²) in [4.78, 5) is 0. The Kier molecular flexibility index (Phi) is 4.65. The number of furan rings is 1. The summed E-state index contributed by atoms with van der Waals surface area (Å²) in [5.74, 6) is 1.58. The summed E-state index contributed by atoms with van der Waals surface area (Å²) in [5, 5.41) is 4.73. The molecule has 0 saturated heterocycles. The van der Waals surface area contributed by atoms with E-state index >= 15 is 0 Å². The van der Waals surface area contributed by atoms with Crippen LogP contribution in [0.15, 0.2) is 28.7 Å². The van der Waals surface area contributed by atoms with Crippen molar-refractivity contribution in [2.75, 3.05) is 6.54 Å². The van der Waals surface area contributed by atoms with Crippen LogP contribution in [0.1, 0.15) is 51.5 Å². The lowest BCUT2D eigenvalue weighted by atomic mass is 10.0. The quantitative estimate of drug-likeness (QED) is 0.814. The molecule has 2 nitrogen and oxygen atoms in total. The first-order valence-electron chi connectivity index (χ1n) is 7.41. The molecule has 1 heterocycles. The summed E-state index contributed by atoms with van der Waals surface area (Å²) < 4.78 is 6.01. The molecule has 2 heteroatoms. The van der Waals surface area contributed by atoms with E-state index in [-0.39, 0.29) is 0 Å². The lowest BCUT2D eigenvalue weighted by Gasteiger charge is -2.18. The fraction of sp³-hybridized carbons (Fsp3) is 0.529. The van der Waals surface area contributed by atoms with Gasteiger partial charge in [-0.1, -0.05) is 40.2 Å². The maximum Gasteiger partial charge on any atom is 0.134 e. The fourth-order valence-corrected chi connectivity index (χ4v) is 2.60. The maximum atomic E-state index is 6.01. The number of hydrogen-bond acceptors (Lipinski definition) is 2. The van der Waals surface area contributed by atoms with Crippen molar-refractivity contribution in [3.8, 4) is 0 Å². The van der Waals surface area contributed by atoms with Crippen molar-refractivity contribution in [1.82, 2.24) is 5.32 Å². The van der Waals surface area contributed by atoms with Gasteiger partial charge in [-0.3, -0.25) is 0 Å². The summed E-state index contributed by atoms with van der Waals surface area (Å²) in [6, 6.07) is 9.04. The van der Waals surface area contributed by atoms with Gasteiger partial charge in [-0.25, -0.2) is 0 Å². The molecule has 0 saturated carbocycles. The van der Waals surface area contributed by atoms with Gasteiger partial charge in [0.05, 0.1) is 6.04 Å². The van der Waals surface area contributed by atoms with Crippen LogP contribution in [0.25, 0.3) is 11.0 Å². The molecule has 0 aliphatic rings. The molecule has 0 aliphatic carbocycles. The highest BCUT2D eigenvalue weighted by Crippen LogP contribution is 2.29. The van der Waals surface area contributed by atoms with Crippen molar-refractivity contribution in [2.24, 2.45) is 5.92 Å². The Morgan fingerprint density at radius 2 is 1.95 bits per heavy atom. The van der Waals surface area contributed by atoms with E-state index in [0.717, 1.165) is 24.3 Å². The van der Waals surface area contributed by atoms with Crippen molar-refractivity contribution >= 4 is 11.0 Å². The van der Waals surface area contributed by atoms with Gasteiger partial charge in [-0.05, 0) is 42.6 Å². The Balaban J connectivity index is 2.34. The Morgan fingerprint density at radius 1 is 1.16 bits per heavy atom. The van der Waals surface area contributed by atoms with Gasteiger partial charge in [0.25, 0.3) is 0 Å². The first-order valence-corrected chi connectivity index (χ1v) is 7.41. The minimum Gasteiger partial charge on any atom is -0.459 e. The smallest absolute Gasteiger partial charge is 0.134 e. The largest absolute Gasteiger partial charge is 0.459 e. The molecule has 1 N–H and O–H groups in total. The second kappa shape index (κ2) is 6.25. The van der Waals surface area contributed by atoms with Crippen LogP contribution >= 0.6 is 0 Å². The zero-order chi connectivity index (χ0) is 13.8. The Labute approximate surface area is 116 Å². The normalized spacial score (nSPS) is 13.3. The fourth-order valence-electron chi connectivity index (χ4n) is 2.60. The molecule has 1 aromatic carbocycles. The van der Waals surface area contributed by atoms with Gasteiger partial charge < -0.3 is 9.73 Å². The summed E-state index contributed by atoms with van der Waals surface area (Å²) in [7, 11) is 0. The average molecular weight is 259 g/mol. The lowest BCUT2D eigenvalue weighted by Crippen LogP contribution is -2.24. The molecule has 0 radical (unpaired) electrons. The van der Waals surface area contributed by atoms with Crippen molar-refractivity contribution in [2.45, 2.75) is 46.6 Å². The second-order valence-electron chi connectivity index (χ2n) is 5.55. The zero-order valence-electron chi connectivity index (χ0n) is 12.5. The molecular formula is C17H25NO. The average Bonchev–Trinajstić information content (AvgIpc) is 2.78. The summed E-state index contributed by atoms with van der Waals surface area (Å²) >= 11 is 0. The molecule has 0 amide bonds. The number of aryl methyl sites for hydroxylation is 1. The molecule has 1 atom stereocenters. The number of fused-ring (bicyclic) bond motifs is 1. The third-order valence-electron chi connectivity index (χ3n) is 3.54. The van der Waals surface area contributed by atoms with Crippen molar-refractivity contribution < 1.29 is 4.42 Å². The number of rotatable bonds is 6. The molecule has 0 fully saturated rings. The molecule has 1 aromatic heterocycles. The van der Waals surface area contributed by atoms with Crippen LogP contribution in [0.2, 0.25) is 0 Å². The lowest BCUT2D eigenvalue weighted by molar-refractivity contribution is 0.357. The minimum atomic E-state index is 0.298. The third-order valence-corrected chi connectivity index (χ3v) is 3.54. The molecule has 2 aromatic rings. The summed E-state index contributed by atoms with van der Waals surface area (Å²) in [6.07, 6.45) is 2.32. The molecule has 0 bridgehead atoms. The van der Waals surface area contributed by atoms with Crippen LogP contribution in [0, 0.1) is 5.92 Å². The molecule has 0 aliphatic heterocycles. The van der Waals surface area contributed by atoms with E-state index < -0.39 is 0 Å². The van der Waals surface area contributed by atoms with E-state index in [1.54, 1.807) is 0 Å². The summed E-state index contributed by atoms with van der Waals surface area (Å²) in [6.45, 7) is 9.76. The molecule has 2 rings (SSSR count). The highest BCUT2D eigenvalue weighted by atomic mass is 16.3. The van der Waals surface area contributed by atoms with Crippen LogP contribution < -0.4 is 5.32 Å². The number of nitrogens with one attached hydrogen (secondary N) is 1. The van der Waals surface area contributed by atoms with E-state index in [4.69, 9.17) is 4.42 Å². The van der Waals surface area contributed by atoms with Crippen LogP contribution in [-0.4, -0.2) is 6.54 Å². The number of hydrogen-bond donors (Lipinski definition) is 1. The van der Waals surface area contributed by atoms with Crippen LogP contribution in [0.3, 0.4) is 0 Å². The van der Waals surface area contributed by atoms with Gasteiger partial charge in [0.1, 0.15) is 11.3 Å². The number of benzene rings is 1. The van der Waals surface area contributed by atoms with Crippen molar-refractivity contribution in [3.63, 3.8) is 0 Å². The van der Waals surface area contributed by atoms with Crippen LogP contribution in [-0.2, 0) is 6.42 Å². The van der Waals surface area contributed by atoms with Gasteiger partial charge >= 0.3 is 0 Å². The standard InChI is InChI=1S/C17H25NO/c1-5-7-13-8-9-15-14(10-13)11-16(19-15)17(12(3)4)18-6-2/h8-12,17-18H,5-7H2,1-4H3. The van der Waals surface area contributed by atoms with Crippen molar-refractivity contribution in [3.05, 3.63) is 35.6 Å². The third kappa shape index (κ3) is 3.19. The van der Waals surface area contributed by atoms with Gasteiger partial charge in [0, 0.05) is 5.39 Å². The first kappa shape index (κ1) is 14.1. The predicted octanol–water partition coefficient (Wildman–Crippen LogP) is 4.69. The second-order valence-corrected chi connectivity index (χ2v) is 5.55. The molecule has 0 spiro atoms. The Hall–Kier alpha value is -1.28. The Morgan fingerprint density at radius 3 is 2.58 bits per heavy atom. The maximum absolute atomic E-state index is 6.01. The minimum absolute atomic E-state index is 0.298. The van der Waals surface area contributed by atoms with E-state index in [1.807, 2.05) is 0 Å². The first-order chi connectivity index (χ1) is 9.15. The van der Waals surface area contributed by atoms with Crippen LogP contribution in [0.5, 0.6) is 0 Å². The van der Waals surface area contributed by atoms with Gasteiger partial charge in [-0.15, -0.1) is 0 Å². The van der Waals surface area contributed by atoms with E-state index in [2.05, 4.69) is 57.3 Å². The Bertz CT molecular complexity index is 527. The zero-order valence-corrected chi connectivity index (χ0v) is 12.5. The highest BCUT2D eigenvalue weighted by molar-refractivity contribution is 5.78. The van der Waals surface area contributed by atoms with Gasteiger partial charge in [0.2, 0.25) is 0 Å². The topological polar surface area (TPSA) is 25.2 Å². The van der Waals surface area contributed by atoms with Gasteiger partial charge in [0.15, 0.2) is 0 Å². The molecule has 1 unspecified atom stereocenters. The van der Waals surface area contributed by atoms with E-state index in [0.29, 0.717) is 12.0 Å². The van der Waals surface area contributed by atoms with Gasteiger partial charge in [-0.2, -0.15) is 0 Å². The molecular weight excluding hydrogens is 234 g/mol. The highest BCUT2D eigenvalue weighted by Gasteiger charge is 2.18. The van der Waals surface area contributed by atoms with E-state index in [9.17, 15) is 0 Å². The molecule has 104 valence electrons. The SMILES string of the molecule is CCCc1ccc2oc(C(NCC)C(C)C)cc2c1. The predicted molar refractivity (Wildman–Crippen MR) is 81.5 cm³/mol.